The van der Waals surface area contributed by atoms with Crippen LogP contribution in [0.15, 0.2) is 167 Å². The topological polar surface area (TPSA) is 26.3 Å². The number of fused-ring (bicyclic) bond motifs is 10. The van der Waals surface area contributed by atoms with E-state index < -0.39 is 0 Å². The van der Waals surface area contributed by atoms with Crippen LogP contribution in [0.4, 0.5) is 0 Å². The summed E-state index contributed by atoms with van der Waals surface area (Å²) in [6.07, 6.45) is 0. The second kappa shape index (κ2) is 10.2. The summed E-state index contributed by atoms with van der Waals surface area (Å²) < 4.78 is 16.2. The quantitative estimate of drug-likeness (QED) is 0.179. The van der Waals surface area contributed by atoms with E-state index in [0.717, 1.165) is 55.4 Å². The van der Waals surface area contributed by atoms with Gasteiger partial charge in [-0.1, -0.05) is 121 Å². The summed E-state index contributed by atoms with van der Waals surface area (Å²) in [6.45, 7) is 0. The lowest BCUT2D eigenvalue weighted by Gasteiger charge is -2.18. The average molecular weight is 643 g/mol. The third-order valence-electron chi connectivity index (χ3n) is 10.1. The Morgan fingerprint density at radius 1 is 0.347 bits per heavy atom. The maximum Gasteiger partial charge on any atom is 0.147 e. The minimum absolute atomic E-state index is 0.812. The molecule has 0 spiro atoms. The van der Waals surface area contributed by atoms with E-state index >= 15 is 0 Å². The van der Waals surface area contributed by atoms with Crippen molar-refractivity contribution in [2.75, 3.05) is 0 Å². The molecule has 0 amide bonds. The van der Waals surface area contributed by atoms with Crippen molar-refractivity contribution in [2.24, 2.45) is 0 Å². The zero-order chi connectivity index (χ0) is 32.1. The van der Waals surface area contributed by atoms with E-state index in [0.29, 0.717) is 0 Å². The Hall–Kier alpha value is -6.16. The predicted octanol–water partition coefficient (Wildman–Crippen LogP) is 14.0. The van der Waals surface area contributed by atoms with Crippen molar-refractivity contribution in [1.29, 1.82) is 0 Å². The van der Waals surface area contributed by atoms with Crippen LogP contribution in [0.5, 0.6) is 0 Å². The minimum Gasteiger partial charge on any atom is -0.455 e. The standard InChI is InChI=1S/C46H26O2S/c1-2-12-27(13-3-1)45-44(43-38(48-45)24-23-35-29-14-8-10-20-37(29)47-46(35)43)42-33-18-6-4-16-31(33)41(32-17-5-7-19-34(32)42)28-22-25-40-36(26-28)30-15-9-11-21-39(30)49-40/h1-26H. The first-order valence-electron chi connectivity index (χ1n) is 16.6. The van der Waals surface area contributed by atoms with Gasteiger partial charge in [-0.25, -0.2) is 0 Å². The summed E-state index contributed by atoms with van der Waals surface area (Å²) in [4.78, 5) is 0. The molecule has 0 fully saturated rings. The molecule has 11 aromatic rings. The van der Waals surface area contributed by atoms with Crippen molar-refractivity contribution in [1.82, 2.24) is 0 Å². The Kier molecular flexibility index (Phi) is 5.57. The zero-order valence-corrected chi connectivity index (χ0v) is 27.1. The first kappa shape index (κ1) is 26.9. The van der Waals surface area contributed by atoms with E-state index in [4.69, 9.17) is 8.83 Å². The number of para-hydroxylation sites is 1. The van der Waals surface area contributed by atoms with Crippen molar-refractivity contribution in [3.63, 3.8) is 0 Å². The van der Waals surface area contributed by atoms with Crippen molar-refractivity contribution < 1.29 is 8.83 Å². The van der Waals surface area contributed by atoms with Gasteiger partial charge in [-0.2, -0.15) is 0 Å². The number of rotatable bonds is 3. The number of furan rings is 2. The molecule has 0 aliphatic carbocycles. The Balaban J connectivity index is 1.31. The fraction of sp³-hybridized carbons (Fsp3) is 0. The van der Waals surface area contributed by atoms with Crippen LogP contribution in [0.25, 0.3) is 108 Å². The first-order valence-corrected chi connectivity index (χ1v) is 17.4. The minimum atomic E-state index is 0.812. The van der Waals surface area contributed by atoms with Gasteiger partial charge >= 0.3 is 0 Å². The molecule has 0 bridgehead atoms. The number of thiophene rings is 1. The summed E-state index contributed by atoms with van der Waals surface area (Å²) >= 11 is 1.86. The van der Waals surface area contributed by atoms with Gasteiger partial charge in [0.1, 0.15) is 22.5 Å². The Morgan fingerprint density at radius 2 is 0.959 bits per heavy atom. The van der Waals surface area contributed by atoms with Gasteiger partial charge in [-0.15, -0.1) is 11.3 Å². The van der Waals surface area contributed by atoms with E-state index in [9.17, 15) is 0 Å². The van der Waals surface area contributed by atoms with E-state index in [1.165, 1.54) is 52.8 Å². The van der Waals surface area contributed by atoms with Crippen LogP contribution in [-0.2, 0) is 0 Å². The van der Waals surface area contributed by atoms with Gasteiger partial charge in [-0.3, -0.25) is 0 Å². The summed E-state index contributed by atoms with van der Waals surface area (Å²) in [7, 11) is 0. The van der Waals surface area contributed by atoms with Gasteiger partial charge in [0.2, 0.25) is 0 Å². The lowest BCUT2D eigenvalue weighted by molar-refractivity contribution is 0.631. The van der Waals surface area contributed by atoms with Crippen LogP contribution in [0.3, 0.4) is 0 Å². The van der Waals surface area contributed by atoms with E-state index in [2.05, 4.69) is 146 Å². The van der Waals surface area contributed by atoms with Crippen molar-refractivity contribution >= 4 is 86.0 Å². The molecule has 0 unspecified atom stereocenters. The Labute approximate surface area is 285 Å². The fourth-order valence-electron chi connectivity index (χ4n) is 7.99. The summed E-state index contributed by atoms with van der Waals surface area (Å²) in [6, 6.07) is 56.4. The molecule has 0 radical (unpaired) electrons. The molecular weight excluding hydrogens is 617 g/mol. The SMILES string of the molecule is c1ccc(-c2oc3ccc4c5ccccc5oc4c3c2-c2c3ccccc3c(-c3ccc4sc5ccccc5c4c3)c3ccccc23)cc1. The van der Waals surface area contributed by atoms with Gasteiger partial charge in [0.25, 0.3) is 0 Å². The Morgan fingerprint density at radius 3 is 1.71 bits per heavy atom. The average Bonchev–Trinajstić information content (AvgIpc) is 3.85. The van der Waals surface area contributed by atoms with E-state index in [1.54, 1.807) is 0 Å². The van der Waals surface area contributed by atoms with Gasteiger partial charge < -0.3 is 8.83 Å². The maximum absolute atomic E-state index is 6.88. The van der Waals surface area contributed by atoms with Crippen LogP contribution in [0, 0.1) is 0 Å². The molecular formula is C46H26O2S. The second-order valence-electron chi connectivity index (χ2n) is 12.7. The molecule has 0 aliphatic rings. The highest BCUT2D eigenvalue weighted by atomic mass is 32.1. The highest BCUT2D eigenvalue weighted by molar-refractivity contribution is 7.25. The summed E-state index contributed by atoms with van der Waals surface area (Å²) in [5.41, 5.74) is 8.25. The molecule has 3 heteroatoms. The molecule has 49 heavy (non-hydrogen) atoms. The smallest absolute Gasteiger partial charge is 0.147 e. The molecule has 0 atom stereocenters. The zero-order valence-electron chi connectivity index (χ0n) is 26.2. The normalized spacial score (nSPS) is 12.1. The van der Waals surface area contributed by atoms with Crippen LogP contribution in [0.2, 0.25) is 0 Å². The molecule has 3 heterocycles. The molecule has 0 saturated carbocycles. The van der Waals surface area contributed by atoms with Crippen molar-refractivity contribution in [2.45, 2.75) is 0 Å². The number of hydrogen-bond acceptors (Lipinski definition) is 3. The van der Waals surface area contributed by atoms with Crippen LogP contribution in [-0.4, -0.2) is 0 Å². The van der Waals surface area contributed by atoms with Gasteiger partial charge in [0, 0.05) is 47.6 Å². The molecule has 0 N–H and O–H groups in total. The second-order valence-corrected chi connectivity index (χ2v) is 13.8. The number of hydrogen-bond donors (Lipinski definition) is 0. The summed E-state index contributed by atoms with van der Waals surface area (Å²) in [5, 5.41) is 10.6. The van der Waals surface area contributed by atoms with Crippen molar-refractivity contribution in [3.05, 3.63) is 158 Å². The lowest BCUT2D eigenvalue weighted by Crippen LogP contribution is -1.91. The molecule has 0 saturated heterocycles. The highest BCUT2D eigenvalue weighted by Gasteiger charge is 2.27. The molecule has 228 valence electrons. The molecule has 3 aromatic heterocycles. The predicted molar refractivity (Wildman–Crippen MR) is 208 cm³/mol. The van der Waals surface area contributed by atoms with Crippen LogP contribution in [0.1, 0.15) is 0 Å². The van der Waals surface area contributed by atoms with Crippen LogP contribution >= 0.6 is 11.3 Å². The first-order chi connectivity index (χ1) is 24.3. The molecule has 0 aliphatic heterocycles. The molecule has 2 nitrogen and oxygen atoms in total. The Bertz CT molecular complexity index is 3050. The third kappa shape index (κ3) is 3.82. The van der Waals surface area contributed by atoms with Crippen molar-refractivity contribution in [3.8, 4) is 33.6 Å². The number of benzene rings is 8. The van der Waals surface area contributed by atoms with Gasteiger partial charge in [0.15, 0.2) is 0 Å². The monoisotopic (exact) mass is 642 g/mol. The van der Waals surface area contributed by atoms with E-state index in [-0.39, 0.29) is 0 Å². The largest absolute Gasteiger partial charge is 0.455 e. The van der Waals surface area contributed by atoms with E-state index in [1.807, 2.05) is 23.5 Å². The maximum atomic E-state index is 6.88. The van der Waals surface area contributed by atoms with Gasteiger partial charge in [-0.05, 0) is 69.1 Å². The summed E-state index contributed by atoms with van der Waals surface area (Å²) in [5.74, 6) is 0.845. The molecule has 11 rings (SSSR count). The lowest BCUT2D eigenvalue weighted by atomic mass is 9.84. The van der Waals surface area contributed by atoms with Gasteiger partial charge in [0.05, 0.1) is 5.39 Å². The molecule has 8 aromatic carbocycles. The fourth-order valence-corrected chi connectivity index (χ4v) is 9.08. The van der Waals surface area contributed by atoms with Crippen LogP contribution < -0.4 is 0 Å². The third-order valence-corrected chi connectivity index (χ3v) is 11.2. The highest BCUT2D eigenvalue weighted by Crippen LogP contribution is 2.52.